The zero-order chi connectivity index (χ0) is 14.7. The number of nitrogens with zero attached hydrogens (tertiary/aromatic N) is 1. The highest BCUT2D eigenvalue weighted by atomic mass is 79.9. The van der Waals surface area contributed by atoms with Crippen molar-refractivity contribution in [3.63, 3.8) is 0 Å². The fourth-order valence-electron chi connectivity index (χ4n) is 2.47. The van der Waals surface area contributed by atoms with Gasteiger partial charge in [0.1, 0.15) is 0 Å². The van der Waals surface area contributed by atoms with Crippen molar-refractivity contribution in [3.05, 3.63) is 52.3 Å². The molecule has 1 unspecified atom stereocenters. The lowest BCUT2D eigenvalue weighted by Crippen LogP contribution is -2.18. The molecule has 1 aliphatic heterocycles. The molecule has 5 heteroatoms. The molecule has 4 nitrogen and oxygen atoms in total. The first-order valence-corrected chi connectivity index (χ1v) is 7.74. The first-order chi connectivity index (χ1) is 10.3. The third-order valence-corrected chi connectivity index (χ3v) is 3.89. The quantitative estimate of drug-likeness (QED) is 0.923. The number of nitrogens with one attached hydrogen (secondary N) is 1. The fraction of sp³-hybridized carbons (Fsp3) is 0.312. The minimum Gasteiger partial charge on any atom is -0.490 e. The Morgan fingerprint density at radius 1 is 1.10 bits per heavy atom. The van der Waals surface area contributed by atoms with Crippen molar-refractivity contribution in [1.29, 1.82) is 0 Å². The lowest BCUT2D eigenvalue weighted by atomic mass is 10.00. The van der Waals surface area contributed by atoms with Gasteiger partial charge in [-0.05, 0) is 52.3 Å². The molecule has 0 radical (unpaired) electrons. The Labute approximate surface area is 132 Å². The van der Waals surface area contributed by atoms with Crippen molar-refractivity contribution in [2.45, 2.75) is 12.5 Å². The molecule has 1 aliphatic rings. The maximum atomic E-state index is 5.77. The molecule has 0 spiro atoms. The maximum absolute atomic E-state index is 5.77. The Morgan fingerprint density at radius 2 is 1.90 bits per heavy atom. The first-order valence-electron chi connectivity index (χ1n) is 6.95. The zero-order valence-corrected chi connectivity index (χ0v) is 13.4. The Hall–Kier alpha value is -1.59. The zero-order valence-electron chi connectivity index (χ0n) is 11.8. The molecule has 2 heterocycles. The lowest BCUT2D eigenvalue weighted by Gasteiger charge is -2.18. The summed E-state index contributed by atoms with van der Waals surface area (Å²) in [5.74, 6) is 1.63. The van der Waals surface area contributed by atoms with Crippen molar-refractivity contribution in [3.8, 4) is 11.5 Å². The summed E-state index contributed by atoms with van der Waals surface area (Å²) in [6.45, 7) is 1.40. The number of fused-ring (bicyclic) bond motifs is 1. The van der Waals surface area contributed by atoms with Crippen LogP contribution in [0, 0.1) is 0 Å². The van der Waals surface area contributed by atoms with Gasteiger partial charge in [0, 0.05) is 23.3 Å². The van der Waals surface area contributed by atoms with E-state index in [0.29, 0.717) is 13.2 Å². The second-order valence-corrected chi connectivity index (χ2v) is 5.83. The Bertz CT molecular complexity index is 633. The number of hydrogen-bond donors (Lipinski definition) is 1. The smallest absolute Gasteiger partial charge is 0.161 e. The molecule has 0 amide bonds. The molecule has 3 rings (SSSR count). The molecule has 0 fully saturated rings. The SMILES string of the molecule is CNC(c1cncc(Br)c1)c1ccc2c(c1)OCCCO2. The van der Waals surface area contributed by atoms with Crippen LogP contribution in [0.4, 0.5) is 0 Å². The summed E-state index contributed by atoms with van der Waals surface area (Å²) in [4.78, 5) is 4.24. The molecular weight excluding hydrogens is 332 g/mol. The predicted octanol–water partition coefficient (Wildman–Crippen LogP) is 3.31. The monoisotopic (exact) mass is 348 g/mol. The number of hydrogen-bond acceptors (Lipinski definition) is 4. The van der Waals surface area contributed by atoms with E-state index in [4.69, 9.17) is 9.47 Å². The molecule has 1 aromatic carbocycles. The van der Waals surface area contributed by atoms with Gasteiger partial charge in [0.05, 0.1) is 19.3 Å². The molecule has 0 aliphatic carbocycles. The predicted molar refractivity (Wildman–Crippen MR) is 84.9 cm³/mol. The van der Waals surface area contributed by atoms with Crippen LogP contribution >= 0.6 is 15.9 Å². The molecule has 1 aromatic heterocycles. The van der Waals surface area contributed by atoms with E-state index in [9.17, 15) is 0 Å². The second-order valence-electron chi connectivity index (χ2n) is 4.91. The van der Waals surface area contributed by atoms with Gasteiger partial charge < -0.3 is 14.8 Å². The van der Waals surface area contributed by atoms with Crippen LogP contribution in [-0.4, -0.2) is 25.2 Å². The molecule has 21 heavy (non-hydrogen) atoms. The van der Waals surface area contributed by atoms with Crippen molar-refractivity contribution < 1.29 is 9.47 Å². The van der Waals surface area contributed by atoms with Gasteiger partial charge in [-0.2, -0.15) is 0 Å². The topological polar surface area (TPSA) is 43.4 Å². The average molecular weight is 349 g/mol. The number of pyridine rings is 1. The lowest BCUT2D eigenvalue weighted by molar-refractivity contribution is 0.297. The van der Waals surface area contributed by atoms with E-state index in [2.05, 4.69) is 38.4 Å². The van der Waals surface area contributed by atoms with E-state index in [1.54, 1.807) is 6.20 Å². The Kier molecular flexibility index (Phi) is 4.41. The number of aromatic nitrogens is 1. The number of benzene rings is 1. The van der Waals surface area contributed by atoms with E-state index < -0.39 is 0 Å². The van der Waals surface area contributed by atoms with E-state index in [0.717, 1.165) is 33.5 Å². The van der Waals surface area contributed by atoms with Crippen LogP contribution in [0.5, 0.6) is 11.5 Å². The highest BCUT2D eigenvalue weighted by molar-refractivity contribution is 9.10. The van der Waals surface area contributed by atoms with Crippen LogP contribution in [0.2, 0.25) is 0 Å². The molecule has 110 valence electrons. The van der Waals surface area contributed by atoms with Gasteiger partial charge in [0.25, 0.3) is 0 Å². The van der Waals surface area contributed by atoms with E-state index >= 15 is 0 Å². The molecule has 1 N–H and O–H groups in total. The van der Waals surface area contributed by atoms with Crippen LogP contribution in [0.25, 0.3) is 0 Å². The Morgan fingerprint density at radius 3 is 2.67 bits per heavy atom. The van der Waals surface area contributed by atoms with Crippen molar-refractivity contribution in [2.24, 2.45) is 0 Å². The molecule has 1 atom stereocenters. The highest BCUT2D eigenvalue weighted by Gasteiger charge is 2.17. The summed E-state index contributed by atoms with van der Waals surface area (Å²) in [5.41, 5.74) is 2.23. The van der Waals surface area contributed by atoms with E-state index in [1.807, 2.05) is 25.4 Å². The standard InChI is InChI=1S/C16H17BrN2O2/c1-18-16(12-7-13(17)10-19-9-12)11-3-4-14-15(8-11)21-6-2-5-20-14/h3-4,7-10,16,18H,2,5-6H2,1H3. The number of halogens is 1. The molecule has 0 saturated carbocycles. The maximum Gasteiger partial charge on any atom is 0.161 e. The normalized spacial score (nSPS) is 15.3. The van der Waals surface area contributed by atoms with Crippen LogP contribution in [0.1, 0.15) is 23.6 Å². The van der Waals surface area contributed by atoms with Crippen LogP contribution in [0.3, 0.4) is 0 Å². The summed E-state index contributed by atoms with van der Waals surface area (Å²) < 4.78 is 12.4. The van der Waals surface area contributed by atoms with E-state index in [-0.39, 0.29) is 6.04 Å². The number of ether oxygens (including phenoxy) is 2. The third-order valence-electron chi connectivity index (χ3n) is 3.45. The molecule has 2 aromatic rings. The Balaban J connectivity index is 1.96. The van der Waals surface area contributed by atoms with Crippen molar-refractivity contribution in [1.82, 2.24) is 10.3 Å². The van der Waals surface area contributed by atoms with E-state index in [1.165, 1.54) is 0 Å². The fourth-order valence-corrected chi connectivity index (χ4v) is 2.85. The summed E-state index contributed by atoms with van der Waals surface area (Å²) in [5, 5.41) is 3.33. The molecule has 0 saturated heterocycles. The van der Waals surface area contributed by atoms with Gasteiger partial charge >= 0.3 is 0 Å². The summed E-state index contributed by atoms with van der Waals surface area (Å²) in [7, 11) is 1.94. The minimum absolute atomic E-state index is 0.0622. The van der Waals surface area contributed by atoms with Gasteiger partial charge in [-0.3, -0.25) is 4.98 Å². The van der Waals surface area contributed by atoms with Gasteiger partial charge in [-0.25, -0.2) is 0 Å². The second kappa shape index (κ2) is 6.45. The van der Waals surface area contributed by atoms with Crippen LogP contribution < -0.4 is 14.8 Å². The molecular formula is C16H17BrN2O2. The largest absolute Gasteiger partial charge is 0.490 e. The highest BCUT2D eigenvalue weighted by Crippen LogP contribution is 2.34. The van der Waals surface area contributed by atoms with Crippen LogP contribution in [-0.2, 0) is 0 Å². The minimum atomic E-state index is 0.0622. The summed E-state index contributed by atoms with van der Waals surface area (Å²) >= 11 is 3.47. The van der Waals surface area contributed by atoms with Gasteiger partial charge in [-0.1, -0.05) is 6.07 Å². The summed E-state index contributed by atoms with van der Waals surface area (Å²) in [6.07, 6.45) is 4.56. The van der Waals surface area contributed by atoms with Gasteiger partial charge in [0.2, 0.25) is 0 Å². The summed E-state index contributed by atoms with van der Waals surface area (Å²) in [6, 6.07) is 8.22. The van der Waals surface area contributed by atoms with Crippen molar-refractivity contribution >= 4 is 15.9 Å². The van der Waals surface area contributed by atoms with Crippen molar-refractivity contribution in [2.75, 3.05) is 20.3 Å². The van der Waals surface area contributed by atoms with Gasteiger partial charge in [0.15, 0.2) is 11.5 Å². The van der Waals surface area contributed by atoms with Gasteiger partial charge in [-0.15, -0.1) is 0 Å². The third kappa shape index (κ3) is 3.19. The number of rotatable bonds is 3. The average Bonchev–Trinajstić information content (AvgIpc) is 2.73. The van der Waals surface area contributed by atoms with Crippen LogP contribution in [0.15, 0.2) is 41.1 Å². The first kappa shape index (κ1) is 14.4. The molecule has 0 bridgehead atoms.